The lowest BCUT2D eigenvalue weighted by Crippen LogP contribution is -2.59. The molecular formula is C27H35N5O4. The van der Waals surface area contributed by atoms with Crippen molar-refractivity contribution in [2.24, 2.45) is 0 Å². The van der Waals surface area contributed by atoms with E-state index in [4.69, 9.17) is 14.2 Å². The van der Waals surface area contributed by atoms with Crippen molar-refractivity contribution in [3.8, 4) is 11.5 Å². The van der Waals surface area contributed by atoms with Gasteiger partial charge in [0.15, 0.2) is 5.65 Å². The van der Waals surface area contributed by atoms with Gasteiger partial charge in [-0.05, 0) is 31.0 Å². The van der Waals surface area contributed by atoms with Crippen LogP contribution >= 0.6 is 0 Å². The predicted molar refractivity (Wildman–Crippen MR) is 137 cm³/mol. The number of methoxy groups -OCH3 is 2. The zero-order chi connectivity index (χ0) is 25.0. The number of ether oxygens (including phenoxy) is 3. The van der Waals surface area contributed by atoms with E-state index < -0.39 is 0 Å². The van der Waals surface area contributed by atoms with Gasteiger partial charge >= 0.3 is 0 Å². The molecule has 0 bridgehead atoms. The molecule has 1 saturated carbocycles. The average molecular weight is 494 g/mol. The molecular weight excluding hydrogens is 458 g/mol. The van der Waals surface area contributed by atoms with Crippen LogP contribution < -0.4 is 14.8 Å². The first-order valence-electron chi connectivity index (χ1n) is 12.8. The number of rotatable bonds is 8. The Morgan fingerprint density at radius 1 is 1.08 bits per heavy atom. The first-order valence-corrected chi connectivity index (χ1v) is 12.8. The number of carbonyl (C=O) groups is 1. The average Bonchev–Trinajstić information content (AvgIpc) is 3.34. The molecule has 3 heterocycles. The molecule has 3 aromatic rings. The largest absolute Gasteiger partial charge is 0.497 e. The Morgan fingerprint density at radius 3 is 2.64 bits per heavy atom. The summed E-state index contributed by atoms with van der Waals surface area (Å²) in [5, 5.41) is 8.57. The summed E-state index contributed by atoms with van der Waals surface area (Å²) < 4.78 is 18.2. The molecule has 9 nitrogen and oxygen atoms in total. The van der Waals surface area contributed by atoms with E-state index in [-0.39, 0.29) is 11.4 Å². The summed E-state index contributed by atoms with van der Waals surface area (Å²) in [6, 6.07) is 7.58. The minimum absolute atomic E-state index is 0.0253. The SMILES string of the molecule is COc1ccc(Cn2ncc3cc(C(=O)NCC4(N5CCOCC5)CCCCC4)cnc32)c(OC)c1. The number of benzene rings is 1. The highest BCUT2D eigenvalue weighted by Gasteiger charge is 2.38. The molecule has 0 unspecified atom stereocenters. The standard InChI is InChI=1S/C27H35N5O4/c1-34-23-7-6-20(24(15-23)35-2)18-32-25-21(17-30-32)14-22(16-28-25)26(33)29-19-27(8-4-3-5-9-27)31-10-12-36-13-11-31/h6-7,14-17H,3-5,8-13,18-19H2,1-2H3,(H,29,33). The molecule has 1 aliphatic heterocycles. The summed E-state index contributed by atoms with van der Waals surface area (Å²) in [7, 11) is 3.27. The fourth-order valence-corrected chi connectivity index (χ4v) is 5.55. The number of hydrogen-bond donors (Lipinski definition) is 1. The molecule has 2 fully saturated rings. The first kappa shape index (κ1) is 24.5. The quantitative estimate of drug-likeness (QED) is 0.515. The van der Waals surface area contributed by atoms with Gasteiger partial charge in [0.2, 0.25) is 0 Å². The molecule has 0 spiro atoms. The van der Waals surface area contributed by atoms with E-state index >= 15 is 0 Å². The Labute approximate surface area is 211 Å². The zero-order valence-corrected chi connectivity index (χ0v) is 21.2. The van der Waals surface area contributed by atoms with Gasteiger partial charge in [-0.3, -0.25) is 9.69 Å². The summed E-state index contributed by atoms with van der Waals surface area (Å²) in [6.45, 7) is 4.55. The summed E-state index contributed by atoms with van der Waals surface area (Å²) in [6.07, 6.45) is 9.32. The number of pyridine rings is 1. The molecule has 36 heavy (non-hydrogen) atoms. The minimum atomic E-state index is -0.0906. The molecule has 2 aliphatic rings. The molecule has 9 heteroatoms. The Morgan fingerprint density at radius 2 is 1.89 bits per heavy atom. The summed E-state index contributed by atoms with van der Waals surface area (Å²) in [5.41, 5.74) is 2.27. The lowest BCUT2D eigenvalue weighted by molar-refractivity contribution is -0.0361. The van der Waals surface area contributed by atoms with E-state index in [9.17, 15) is 4.79 Å². The van der Waals surface area contributed by atoms with Crippen LogP contribution in [0.2, 0.25) is 0 Å². The zero-order valence-electron chi connectivity index (χ0n) is 21.2. The lowest BCUT2D eigenvalue weighted by Gasteiger charge is -2.48. The number of nitrogens with zero attached hydrogens (tertiary/aromatic N) is 4. The monoisotopic (exact) mass is 493 g/mol. The normalized spacial score (nSPS) is 18.2. The fraction of sp³-hybridized carbons (Fsp3) is 0.519. The highest BCUT2D eigenvalue weighted by molar-refractivity contribution is 5.96. The summed E-state index contributed by atoms with van der Waals surface area (Å²) >= 11 is 0. The van der Waals surface area contributed by atoms with Crippen molar-refractivity contribution in [1.29, 1.82) is 0 Å². The number of aromatic nitrogens is 3. The highest BCUT2D eigenvalue weighted by Crippen LogP contribution is 2.34. The number of morpholine rings is 1. The maximum Gasteiger partial charge on any atom is 0.252 e. The third-order valence-corrected chi connectivity index (χ3v) is 7.60. The third-order valence-electron chi connectivity index (χ3n) is 7.60. The molecule has 1 N–H and O–H groups in total. The van der Waals surface area contributed by atoms with Gasteiger partial charge in [0, 0.05) is 48.4 Å². The van der Waals surface area contributed by atoms with E-state index in [0.29, 0.717) is 18.7 Å². The molecule has 1 amide bonds. The van der Waals surface area contributed by atoms with E-state index in [1.54, 1.807) is 26.6 Å². The van der Waals surface area contributed by atoms with Gasteiger partial charge in [0.1, 0.15) is 11.5 Å². The van der Waals surface area contributed by atoms with Gasteiger partial charge in [0.25, 0.3) is 5.91 Å². The fourth-order valence-electron chi connectivity index (χ4n) is 5.55. The maximum atomic E-state index is 13.1. The Kier molecular flexibility index (Phi) is 7.38. The topological polar surface area (TPSA) is 90.7 Å². The number of fused-ring (bicyclic) bond motifs is 1. The van der Waals surface area contributed by atoms with Gasteiger partial charge in [0.05, 0.1) is 45.7 Å². The predicted octanol–water partition coefficient (Wildman–Crippen LogP) is 3.26. The molecule has 0 atom stereocenters. The smallest absolute Gasteiger partial charge is 0.252 e. The molecule has 1 aliphatic carbocycles. The van der Waals surface area contributed by atoms with E-state index in [2.05, 4.69) is 20.3 Å². The van der Waals surface area contributed by atoms with Crippen LogP contribution in [0.4, 0.5) is 0 Å². The second kappa shape index (κ2) is 10.8. The van der Waals surface area contributed by atoms with Crippen LogP contribution in [-0.2, 0) is 11.3 Å². The lowest BCUT2D eigenvalue weighted by atomic mass is 9.79. The molecule has 0 radical (unpaired) electrons. The number of hydrogen-bond acceptors (Lipinski definition) is 7. The van der Waals surface area contributed by atoms with Gasteiger partial charge in [-0.2, -0.15) is 5.10 Å². The van der Waals surface area contributed by atoms with Crippen LogP contribution in [-0.4, -0.2) is 78.2 Å². The second-order valence-electron chi connectivity index (χ2n) is 9.68. The Balaban J connectivity index is 1.29. The van der Waals surface area contributed by atoms with Gasteiger partial charge in [-0.15, -0.1) is 0 Å². The summed E-state index contributed by atoms with van der Waals surface area (Å²) in [4.78, 5) is 20.3. The van der Waals surface area contributed by atoms with Crippen LogP contribution in [0.25, 0.3) is 11.0 Å². The molecule has 2 aromatic heterocycles. The van der Waals surface area contributed by atoms with Gasteiger partial charge in [-0.25, -0.2) is 9.67 Å². The van der Waals surface area contributed by atoms with E-state index in [1.165, 1.54) is 19.3 Å². The van der Waals surface area contributed by atoms with E-state index in [0.717, 1.165) is 67.2 Å². The van der Waals surface area contributed by atoms with Crippen molar-refractivity contribution in [3.63, 3.8) is 0 Å². The number of nitrogens with one attached hydrogen (secondary N) is 1. The van der Waals surface area contributed by atoms with Crippen molar-refractivity contribution in [3.05, 3.63) is 47.8 Å². The van der Waals surface area contributed by atoms with Gasteiger partial charge in [-0.1, -0.05) is 19.3 Å². The van der Waals surface area contributed by atoms with Crippen LogP contribution in [0.5, 0.6) is 11.5 Å². The maximum absolute atomic E-state index is 13.1. The van der Waals surface area contributed by atoms with Crippen LogP contribution in [0, 0.1) is 0 Å². The Hall–Kier alpha value is -3.17. The van der Waals surface area contributed by atoms with Crippen LogP contribution in [0.1, 0.15) is 48.0 Å². The Bertz CT molecular complexity index is 1200. The van der Waals surface area contributed by atoms with Crippen molar-refractivity contribution in [1.82, 2.24) is 25.0 Å². The molecule has 1 aromatic carbocycles. The number of carbonyl (C=O) groups excluding carboxylic acids is 1. The first-order chi connectivity index (χ1) is 17.6. The van der Waals surface area contributed by atoms with Crippen molar-refractivity contribution in [2.75, 3.05) is 47.1 Å². The number of amides is 1. The van der Waals surface area contributed by atoms with E-state index in [1.807, 2.05) is 28.9 Å². The summed E-state index contributed by atoms with van der Waals surface area (Å²) in [5.74, 6) is 1.37. The highest BCUT2D eigenvalue weighted by atomic mass is 16.5. The molecule has 192 valence electrons. The second-order valence-corrected chi connectivity index (χ2v) is 9.68. The molecule has 1 saturated heterocycles. The van der Waals surface area contributed by atoms with Crippen molar-refractivity contribution in [2.45, 2.75) is 44.2 Å². The molecule has 5 rings (SSSR count). The third kappa shape index (κ3) is 5.03. The van der Waals surface area contributed by atoms with Crippen LogP contribution in [0.3, 0.4) is 0 Å². The van der Waals surface area contributed by atoms with Crippen LogP contribution in [0.15, 0.2) is 36.7 Å². The minimum Gasteiger partial charge on any atom is -0.497 e. The van der Waals surface area contributed by atoms with Gasteiger partial charge < -0.3 is 19.5 Å². The van der Waals surface area contributed by atoms with Crippen molar-refractivity contribution >= 4 is 16.9 Å². The van der Waals surface area contributed by atoms with Crippen molar-refractivity contribution < 1.29 is 19.0 Å².